The molecule has 0 radical (unpaired) electrons. The van der Waals surface area contributed by atoms with Crippen LogP contribution in [0.4, 0.5) is 11.4 Å². The van der Waals surface area contributed by atoms with E-state index in [0.717, 1.165) is 12.1 Å². The monoisotopic (exact) mass is 372 g/mol. The Labute approximate surface area is 143 Å². The third-order valence-corrected chi connectivity index (χ3v) is 5.50. The highest BCUT2D eigenvalue weighted by Crippen LogP contribution is 2.29. The van der Waals surface area contributed by atoms with Gasteiger partial charge in [-0.2, -0.15) is 0 Å². The zero-order valence-electron chi connectivity index (χ0n) is 13.3. The third-order valence-electron chi connectivity index (χ3n) is 3.85. The number of piperazine rings is 1. The quantitative estimate of drug-likeness (QED) is 0.521. The molecule has 1 aliphatic rings. The van der Waals surface area contributed by atoms with Crippen LogP contribution < -0.4 is 0 Å². The zero-order valence-corrected chi connectivity index (χ0v) is 14.1. The van der Waals surface area contributed by atoms with Gasteiger partial charge < -0.3 is 9.80 Å². The number of nitro benzene ring substituents is 2. The Morgan fingerprint density at radius 3 is 2.24 bits per heavy atom. The van der Waals surface area contributed by atoms with Gasteiger partial charge in [0.1, 0.15) is 10.6 Å². The first kappa shape index (κ1) is 18.7. The lowest BCUT2D eigenvalue weighted by Crippen LogP contribution is -2.48. The molecule has 0 bridgehead atoms. The minimum Gasteiger partial charge on any atom is -0.339 e. The summed E-state index contributed by atoms with van der Waals surface area (Å²) in [5.41, 5.74) is -1.52. The van der Waals surface area contributed by atoms with E-state index in [1.807, 2.05) is 11.9 Å². The summed E-state index contributed by atoms with van der Waals surface area (Å²) in [6, 6.07) is 2.23. The van der Waals surface area contributed by atoms with Gasteiger partial charge in [-0.1, -0.05) is 0 Å². The molecule has 1 saturated heterocycles. The normalized spacial score (nSPS) is 15.8. The first-order valence-electron chi connectivity index (χ1n) is 7.24. The number of sulfone groups is 1. The van der Waals surface area contributed by atoms with Gasteiger partial charge in [-0.05, 0) is 13.1 Å². The van der Waals surface area contributed by atoms with E-state index >= 15 is 0 Å². The molecule has 2 rings (SSSR count). The molecular weight excluding hydrogens is 356 g/mol. The standard InChI is InChI=1S/C13H16N4O7S/c1-14-4-6-15(7-5-14)13(18)9-25(23,24)12-3-2-10(16(19)20)8-11(12)17(21)22/h2-3,8H,4-7,9H2,1H3. The topological polar surface area (TPSA) is 144 Å². The Morgan fingerprint density at radius 2 is 1.72 bits per heavy atom. The van der Waals surface area contributed by atoms with Crippen molar-refractivity contribution in [3.8, 4) is 0 Å². The average Bonchev–Trinajstić information content (AvgIpc) is 2.54. The van der Waals surface area contributed by atoms with E-state index < -0.39 is 47.6 Å². The van der Waals surface area contributed by atoms with Crippen LogP contribution in [0.2, 0.25) is 0 Å². The fraction of sp³-hybridized carbons (Fsp3) is 0.462. The molecule has 0 atom stereocenters. The number of hydrogen-bond donors (Lipinski definition) is 0. The number of non-ortho nitro benzene ring substituents is 1. The van der Waals surface area contributed by atoms with Crippen LogP contribution >= 0.6 is 0 Å². The van der Waals surface area contributed by atoms with Crippen LogP contribution in [0.25, 0.3) is 0 Å². The second-order valence-electron chi connectivity index (χ2n) is 5.61. The van der Waals surface area contributed by atoms with Crippen molar-refractivity contribution >= 4 is 27.1 Å². The summed E-state index contributed by atoms with van der Waals surface area (Å²) < 4.78 is 24.8. The van der Waals surface area contributed by atoms with E-state index in [1.54, 1.807) is 0 Å². The fourth-order valence-electron chi connectivity index (χ4n) is 2.41. The SMILES string of the molecule is CN1CCN(C(=O)CS(=O)(=O)c2ccc([N+](=O)[O-])cc2[N+](=O)[O-])CC1. The zero-order chi connectivity index (χ0) is 18.8. The van der Waals surface area contributed by atoms with E-state index in [9.17, 15) is 33.4 Å². The highest BCUT2D eigenvalue weighted by atomic mass is 32.2. The summed E-state index contributed by atoms with van der Waals surface area (Å²) in [4.78, 5) is 34.8. The number of carbonyl (C=O) groups excluding carboxylic acids is 1. The Morgan fingerprint density at radius 1 is 1.12 bits per heavy atom. The van der Waals surface area contributed by atoms with Crippen molar-refractivity contribution in [1.29, 1.82) is 0 Å². The van der Waals surface area contributed by atoms with E-state index in [0.29, 0.717) is 32.2 Å². The maximum atomic E-state index is 12.4. The number of amides is 1. The van der Waals surface area contributed by atoms with Gasteiger partial charge in [0.15, 0.2) is 9.84 Å². The maximum absolute atomic E-state index is 12.4. The molecule has 1 fully saturated rings. The Bertz CT molecular complexity index is 816. The molecule has 1 aliphatic heterocycles. The summed E-state index contributed by atoms with van der Waals surface area (Å²) in [5.74, 6) is -1.57. The molecule has 0 unspecified atom stereocenters. The molecule has 11 nitrogen and oxygen atoms in total. The Hall–Kier alpha value is -2.60. The van der Waals surface area contributed by atoms with Crippen molar-refractivity contribution in [1.82, 2.24) is 9.80 Å². The smallest absolute Gasteiger partial charge is 0.294 e. The molecule has 25 heavy (non-hydrogen) atoms. The molecule has 0 saturated carbocycles. The number of carbonyl (C=O) groups is 1. The lowest BCUT2D eigenvalue weighted by molar-refractivity contribution is -0.396. The van der Waals surface area contributed by atoms with Gasteiger partial charge in [0.2, 0.25) is 5.91 Å². The van der Waals surface area contributed by atoms with Gasteiger partial charge in [0, 0.05) is 32.2 Å². The van der Waals surface area contributed by atoms with Crippen LogP contribution in [0.5, 0.6) is 0 Å². The third kappa shape index (κ3) is 4.28. The number of benzene rings is 1. The van der Waals surface area contributed by atoms with E-state index in [-0.39, 0.29) is 0 Å². The highest BCUT2D eigenvalue weighted by Gasteiger charge is 2.32. The van der Waals surface area contributed by atoms with Crippen molar-refractivity contribution < 1.29 is 23.1 Å². The van der Waals surface area contributed by atoms with Crippen molar-refractivity contribution in [3.63, 3.8) is 0 Å². The molecule has 1 heterocycles. The molecule has 136 valence electrons. The second kappa shape index (κ2) is 7.11. The van der Waals surface area contributed by atoms with Gasteiger partial charge in [0.05, 0.1) is 15.9 Å². The van der Waals surface area contributed by atoms with Gasteiger partial charge in [-0.25, -0.2) is 8.42 Å². The van der Waals surface area contributed by atoms with E-state index in [2.05, 4.69) is 0 Å². The molecule has 1 aromatic carbocycles. The van der Waals surface area contributed by atoms with Crippen LogP contribution in [0.1, 0.15) is 0 Å². The minimum atomic E-state index is -4.31. The summed E-state index contributed by atoms with van der Waals surface area (Å²) in [6.45, 7) is 1.94. The number of nitrogens with zero attached hydrogens (tertiary/aromatic N) is 4. The molecule has 0 N–H and O–H groups in total. The van der Waals surface area contributed by atoms with Gasteiger partial charge in [0.25, 0.3) is 11.4 Å². The van der Waals surface area contributed by atoms with Crippen LogP contribution in [0.15, 0.2) is 23.1 Å². The largest absolute Gasteiger partial charge is 0.339 e. The fourth-order valence-corrected chi connectivity index (χ4v) is 3.80. The first-order chi connectivity index (χ1) is 11.6. The molecule has 0 aromatic heterocycles. The van der Waals surface area contributed by atoms with Crippen LogP contribution in [0, 0.1) is 20.2 Å². The van der Waals surface area contributed by atoms with Crippen LogP contribution in [-0.2, 0) is 14.6 Å². The maximum Gasteiger partial charge on any atom is 0.294 e. The lowest BCUT2D eigenvalue weighted by Gasteiger charge is -2.32. The predicted molar refractivity (Wildman–Crippen MR) is 85.9 cm³/mol. The minimum absolute atomic E-state index is 0.368. The second-order valence-corrected chi connectivity index (χ2v) is 7.57. The summed E-state index contributed by atoms with van der Waals surface area (Å²) in [6.07, 6.45) is 0. The molecular formula is C13H16N4O7S. The summed E-state index contributed by atoms with van der Waals surface area (Å²) >= 11 is 0. The first-order valence-corrected chi connectivity index (χ1v) is 8.89. The highest BCUT2D eigenvalue weighted by molar-refractivity contribution is 7.92. The van der Waals surface area contributed by atoms with Crippen molar-refractivity contribution in [2.45, 2.75) is 4.90 Å². The van der Waals surface area contributed by atoms with E-state index in [4.69, 9.17) is 0 Å². The molecule has 0 spiro atoms. The molecule has 1 amide bonds. The summed E-state index contributed by atoms with van der Waals surface area (Å²) in [7, 11) is -2.44. The van der Waals surface area contributed by atoms with Crippen molar-refractivity contribution in [2.24, 2.45) is 0 Å². The van der Waals surface area contributed by atoms with Gasteiger partial charge in [-0.3, -0.25) is 25.0 Å². The number of hydrogen-bond acceptors (Lipinski definition) is 8. The van der Waals surface area contributed by atoms with E-state index in [1.165, 1.54) is 4.90 Å². The Balaban J connectivity index is 2.28. The Kier molecular flexibility index (Phi) is 5.33. The van der Waals surface area contributed by atoms with Gasteiger partial charge in [-0.15, -0.1) is 0 Å². The van der Waals surface area contributed by atoms with Crippen LogP contribution in [0.3, 0.4) is 0 Å². The van der Waals surface area contributed by atoms with Gasteiger partial charge >= 0.3 is 0 Å². The lowest BCUT2D eigenvalue weighted by atomic mass is 10.3. The van der Waals surface area contributed by atoms with Crippen molar-refractivity contribution in [2.75, 3.05) is 39.0 Å². The van der Waals surface area contributed by atoms with Crippen molar-refractivity contribution in [3.05, 3.63) is 38.4 Å². The molecule has 12 heteroatoms. The predicted octanol–water partition coefficient (Wildman–Crippen LogP) is 0.0507. The average molecular weight is 372 g/mol. The number of likely N-dealkylation sites (N-methyl/N-ethyl adjacent to an activating group) is 1. The summed E-state index contributed by atoms with van der Waals surface area (Å²) in [5, 5.41) is 21.8. The molecule has 1 aromatic rings. The van der Waals surface area contributed by atoms with Crippen LogP contribution in [-0.4, -0.2) is 73.0 Å². The number of rotatable bonds is 5. The molecule has 0 aliphatic carbocycles. The number of nitro groups is 2.